The van der Waals surface area contributed by atoms with Crippen molar-refractivity contribution in [2.24, 2.45) is 0 Å². The number of carbonyl (C=O) groups excluding carboxylic acids is 1. The average molecular weight is 395 g/mol. The van der Waals surface area contributed by atoms with Crippen LogP contribution in [0.4, 0.5) is 0 Å². The minimum absolute atomic E-state index is 0.0957. The van der Waals surface area contributed by atoms with Crippen LogP contribution in [-0.2, 0) is 22.7 Å². The van der Waals surface area contributed by atoms with Crippen molar-refractivity contribution in [2.75, 3.05) is 6.61 Å². The third-order valence-corrected chi connectivity index (χ3v) is 4.31. The molecule has 1 amide bonds. The van der Waals surface area contributed by atoms with E-state index in [1.54, 1.807) is 29.7 Å². The number of aliphatic carboxylic acids is 1. The fourth-order valence-electron chi connectivity index (χ4n) is 2.57. The van der Waals surface area contributed by atoms with Crippen LogP contribution >= 0.6 is 15.9 Å². The number of aromatic nitrogens is 3. The first kappa shape index (κ1) is 16.4. The number of amides is 1. The molecule has 0 saturated heterocycles. The molecule has 1 aromatic carbocycles. The molecule has 1 N–H and O–H groups in total. The van der Waals surface area contributed by atoms with Crippen LogP contribution in [0.2, 0.25) is 0 Å². The Morgan fingerprint density at radius 1 is 1.42 bits per heavy atom. The SMILES string of the molecule is Cc1nnc2n1CC(C(=O)O)N(C(=O)COc1cccc(Br)c1)C2. The van der Waals surface area contributed by atoms with Crippen LogP contribution in [-0.4, -0.2) is 49.3 Å². The predicted molar refractivity (Wildman–Crippen MR) is 86.4 cm³/mol. The number of rotatable bonds is 4. The van der Waals surface area contributed by atoms with Gasteiger partial charge in [-0.3, -0.25) is 4.79 Å². The molecule has 2 aromatic rings. The quantitative estimate of drug-likeness (QED) is 0.836. The van der Waals surface area contributed by atoms with Crippen molar-refractivity contribution in [3.8, 4) is 5.75 Å². The Kier molecular flexibility index (Phi) is 4.52. The zero-order valence-corrected chi connectivity index (χ0v) is 14.4. The number of nitrogens with zero attached hydrogens (tertiary/aromatic N) is 4. The smallest absolute Gasteiger partial charge is 0.328 e. The number of aryl methyl sites for hydroxylation is 1. The van der Waals surface area contributed by atoms with Crippen molar-refractivity contribution < 1.29 is 19.4 Å². The predicted octanol–water partition coefficient (Wildman–Crippen LogP) is 1.22. The molecule has 0 bridgehead atoms. The second kappa shape index (κ2) is 6.60. The van der Waals surface area contributed by atoms with Gasteiger partial charge in [-0.25, -0.2) is 4.79 Å². The Balaban J connectivity index is 1.74. The maximum atomic E-state index is 12.5. The molecule has 0 spiro atoms. The van der Waals surface area contributed by atoms with Crippen LogP contribution in [0.1, 0.15) is 11.6 Å². The molecule has 0 radical (unpaired) electrons. The number of halogens is 1. The highest BCUT2D eigenvalue weighted by atomic mass is 79.9. The minimum Gasteiger partial charge on any atom is -0.484 e. The topological polar surface area (TPSA) is 97.5 Å². The van der Waals surface area contributed by atoms with Gasteiger partial charge in [0.05, 0.1) is 13.1 Å². The molecule has 9 heteroatoms. The summed E-state index contributed by atoms with van der Waals surface area (Å²) in [7, 11) is 0. The van der Waals surface area contributed by atoms with E-state index in [1.165, 1.54) is 4.90 Å². The number of ether oxygens (including phenoxy) is 1. The van der Waals surface area contributed by atoms with Crippen molar-refractivity contribution in [3.63, 3.8) is 0 Å². The number of fused-ring (bicyclic) bond motifs is 1. The second-order valence-corrected chi connectivity index (χ2v) is 6.31. The number of hydrogen-bond acceptors (Lipinski definition) is 5. The monoisotopic (exact) mass is 394 g/mol. The normalized spacial score (nSPS) is 16.6. The third kappa shape index (κ3) is 3.25. The minimum atomic E-state index is -1.07. The number of carboxylic acids is 1. The standard InChI is InChI=1S/C15H15BrN4O4/c1-9-17-18-13-7-20(12(15(22)23)6-19(9)13)14(21)8-24-11-4-2-3-10(16)5-11/h2-5,12H,6-8H2,1H3,(H,22,23). The van der Waals surface area contributed by atoms with Crippen molar-refractivity contribution in [1.29, 1.82) is 0 Å². The molecule has 0 saturated carbocycles. The van der Waals surface area contributed by atoms with E-state index in [2.05, 4.69) is 26.1 Å². The van der Waals surface area contributed by atoms with Crippen LogP contribution < -0.4 is 4.74 Å². The molecular formula is C15H15BrN4O4. The highest BCUT2D eigenvalue weighted by Crippen LogP contribution is 2.20. The van der Waals surface area contributed by atoms with Gasteiger partial charge >= 0.3 is 5.97 Å². The largest absolute Gasteiger partial charge is 0.484 e. The fraction of sp³-hybridized carbons (Fsp3) is 0.333. The molecule has 24 heavy (non-hydrogen) atoms. The van der Waals surface area contributed by atoms with Crippen molar-refractivity contribution >= 4 is 27.8 Å². The Morgan fingerprint density at radius 2 is 2.21 bits per heavy atom. The summed E-state index contributed by atoms with van der Waals surface area (Å²) in [5.74, 6) is 0.258. The first-order valence-corrected chi connectivity index (χ1v) is 8.04. The third-order valence-electron chi connectivity index (χ3n) is 3.82. The van der Waals surface area contributed by atoms with Gasteiger partial charge in [-0.1, -0.05) is 22.0 Å². The van der Waals surface area contributed by atoms with E-state index in [4.69, 9.17) is 4.74 Å². The van der Waals surface area contributed by atoms with E-state index >= 15 is 0 Å². The van der Waals surface area contributed by atoms with Crippen LogP contribution in [0.15, 0.2) is 28.7 Å². The van der Waals surface area contributed by atoms with Crippen molar-refractivity contribution in [2.45, 2.75) is 26.1 Å². The van der Waals surface area contributed by atoms with Crippen LogP contribution in [0.5, 0.6) is 5.75 Å². The lowest BCUT2D eigenvalue weighted by atomic mass is 10.2. The van der Waals surface area contributed by atoms with Gasteiger partial charge in [0.15, 0.2) is 12.4 Å². The van der Waals surface area contributed by atoms with E-state index in [9.17, 15) is 14.7 Å². The van der Waals surface area contributed by atoms with Crippen LogP contribution in [0, 0.1) is 6.92 Å². The number of benzene rings is 1. The number of hydrogen-bond donors (Lipinski definition) is 1. The lowest BCUT2D eigenvalue weighted by Gasteiger charge is -2.33. The molecule has 1 aliphatic rings. The van der Waals surface area contributed by atoms with Gasteiger partial charge in [0, 0.05) is 4.47 Å². The van der Waals surface area contributed by atoms with Gasteiger partial charge in [0.1, 0.15) is 17.6 Å². The Bertz CT molecular complexity index is 792. The molecule has 1 aliphatic heterocycles. The molecule has 1 aromatic heterocycles. The summed E-state index contributed by atoms with van der Waals surface area (Å²) in [6.45, 7) is 1.74. The van der Waals surface area contributed by atoms with Crippen LogP contribution in [0.25, 0.3) is 0 Å². The maximum absolute atomic E-state index is 12.5. The Labute approximate surface area is 146 Å². The lowest BCUT2D eigenvalue weighted by molar-refractivity contribution is -0.153. The zero-order valence-electron chi connectivity index (χ0n) is 12.8. The molecule has 126 valence electrons. The summed E-state index contributed by atoms with van der Waals surface area (Å²) >= 11 is 3.32. The lowest BCUT2D eigenvalue weighted by Crippen LogP contribution is -2.52. The molecule has 0 fully saturated rings. The van der Waals surface area contributed by atoms with Gasteiger partial charge in [-0.15, -0.1) is 10.2 Å². The maximum Gasteiger partial charge on any atom is 0.328 e. The highest BCUT2D eigenvalue weighted by molar-refractivity contribution is 9.10. The molecule has 1 unspecified atom stereocenters. The van der Waals surface area contributed by atoms with Gasteiger partial charge in [0.2, 0.25) is 0 Å². The van der Waals surface area contributed by atoms with Crippen LogP contribution in [0.3, 0.4) is 0 Å². The van der Waals surface area contributed by atoms with Crippen molar-refractivity contribution in [1.82, 2.24) is 19.7 Å². The summed E-state index contributed by atoms with van der Waals surface area (Å²) in [6.07, 6.45) is 0. The van der Waals surface area contributed by atoms with E-state index in [0.29, 0.717) is 17.4 Å². The molecule has 8 nitrogen and oxygen atoms in total. The first-order chi connectivity index (χ1) is 11.5. The average Bonchev–Trinajstić information content (AvgIpc) is 2.92. The van der Waals surface area contributed by atoms with E-state index in [0.717, 1.165) is 4.47 Å². The van der Waals surface area contributed by atoms with Gasteiger partial charge < -0.3 is 19.3 Å². The molecule has 3 rings (SSSR count). The summed E-state index contributed by atoms with van der Waals surface area (Å²) in [5.41, 5.74) is 0. The summed E-state index contributed by atoms with van der Waals surface area (Å²) < 4.78 is 8.02. The summed E-state index contributed by atoms with van der Waals surface area (Å²) in [4.78, 5) is 25.3. The fourth-order valence-corrected chi connectivity index (χ4v) is 2.95. The van der Waals surface area contributed by atoms with E-state index < -0.39 is 17.9 Å². The van der Waals surface area contributed by atoms with E-state index in [-0.39, 0.29) is 19.7 Å². The summed E-state index contributed by atoms with van der Waals surface area (Å²) in [6, 6.07) is 6.12. The van der Waals surface area contributed by atoms with Gasteiger partial charge in [-0.2, -0.15) is 0 Å². The Hall–Kier alpha value is -2.42. The summed E-state index contributed by atoms with van der Waals surface area (Å²) in [5, 5.41) is 17.4. The van der Waals surface area contributed by atoms with Gasteiger partial charge in [0.25, 0.3) is 5.91 Å². The van der Waals surface area contributed by atoms with Gasteiger partial charge in [-0.05, 0) is 25.1 Å². The Morgan fingerprint density at radius 3 is 2.92 bits per heavy atom. The molecule has 1 atom stereocenters. The van der Waals surface area contributed by atoms with Crippen molar-refractivity contribution in [3.05, 3.63) is 40.4 Å². The second-order valence-electron chi connectivity index (χ2n) is 5.40. The highest BCUT2D eigenvalue weighted by Gasteiger charge is 2.36. The molecular weight excluding hydrogens is 380 g/mol. The number of carboxylic acid groups (broad SMARTS) is 1. The first-order valence-electron chi connectivity index (χ1n) is 7.25. The number of carbonyl (C=O) groups is 2. The molecule has 0 aliphatic carbocycles. The zero-order chi connectivity index (χ0) is 17.3. The molecule has 2 heterocycles. The van der Waals surface area contributed by atoms with E-state index in [1.807, 2.05) is 6.07 Å².